The summed E-state index contributed by atoms with van der Waals surface area (Å²) in [7, 11) is 0. The predicted molar refractivity (Wildman–Crippen MR) is 74.8 cm³/mol. The molecule has 3 heteroatoms. The van der Waals surface area contributed by atoms with E-state index in [1.54, 1.807) is 0 Å². The lowest BCUT2D eigenvalue weighted by Crippen LogP contribution is -2.44. The maximum atomic E-state index is 3.56. The maximum absolute atomic E-state index is 3.56. The molecule has 0 aromatic heterocycles. The summed E-state index contributed by atoms with van der Waals surface area (Å²) in [6.07, 6.45) is 8.77. The van der Waals surface area contributed by atoms with Crippen LogP contribution in [-0.2, 0) is 0 Å². The molecule has 17 heavy (non-hydrogen) atoms. The van der Waals surface area contributed by atoms with Crippen LogP contribution in [0.15, 0.2) is 0 Å². The molecule has 100 valence electrons. The van der Waals surface area contributed by atoms with Crippen LogP contribution >= 0.6 is 12.4 Å². The van der Waals surface area contributed by atoms with Gasteiger partial charge in [-0.2, -0.15) is 0 Å². The molecule has 2 unspecified atom stereocenters. The molecule has 2 nitrogen and oxygen atoms in total. The first-order valence-corrected chi connectivity index (χ1v) is 7.31. The largest absolute Gasteiger partial charge is 0.316 e. The molecule has 0 aromatic rings. The number of rotatable bonds is 5. The van der Waals surface area contributed by atoms with Gasteiger partial charge in [0, 0.05) is 18.6 Å². The zero-order chi connectivity index (χ0) is 11.0. The molecule has 2 saturated carbocycles. The molecule has 0 bridgehead atoms. The predicted octanol–water partition coefficient (Wildman–Crippen LogP) is 2.67. The number of halogens is 1. The van der Waals surface area contributed by atoms with Crippen molar-refractivity contribution in [1.82, 2.24) is 10.2 Å². The quantitative estimate of drug-likeness (QED) is 0.816. The van der Waals surface area contributed by atoms with Crippen molar-refractivity contribution in [3.8, 4) is 0 Å². The van der Waals surface area contributed by atoms with E-state index in [0.29, 0.717) is 0 Å². The normalized spacial score (nSPS) is 31.1. The van der Waals surface area contributed by atoms with E-state index in [4.69, 9.17) is 0 Å². The topological polar surface area (TPSA) is 15.3 Å². The van der Waals surface area contributed by atoms with Gasteiger partial charge in [0.15, 0.2) is 0 Å². The molecule has 3 rings (SSSR count). The van der Waals surface area contributed by atoms with Crippen molar-refractivity contribution in [2.75, 3.05) is 19.6 Å². The Balaban J connectivity index is 0.00000108. The van der Waals surface area contributed by atoms with E-state index in [-0.39, 0.29) is 12.4 Å². The highest BCUT2D eigenvalue weighted by molar-refractivity contribution is 5.85. The van der Waals surface area contributed by atoms with Crippen molar-refractivity contribution in [2.24, 2.45) is 11.8 Å². The summed E-state index contributed by atoms with van der Waals surface area (Å²) in [6.45, 7) is 6.36. The smallest absolute Gasteiger partial charge is 0.00994 e. The van der Waals surface area contributed by atoms with Crippen molar-refractivity contribution in [3.05, 3.63) is 0 Å². The number of nitrogens with one attached hydrogen (secondary N) is 1. The fraction of sp³-hybridized carbons (Fsp3) is 1.00. The Kier molecular flexibility index (Phi) is 4.73. The summed E-state index contributed by atoms with van der Waals surface area (Å²) in [4.78, 5) is 2.86. The van der Waals surface area contributed by atoms with Gasteiger partial charge in [0.05, 0.1) is 0 Å². The Morgan fingerprint density at radius 2 is 1.94 bits per heavy atom. The van der Waals surface area contributed by atoms with Crippen molar-refractivity contribution in [1.29, 1.82) is 0 Å². The zero-order valence-corrected chi connectivity index (χ0v) is 11.8. The first-order valence-electron chi connectivity index (χ1n) is 7.31. The van der Waals surface area contributed by atoms with Crippen LogP contribution in [0.2, 0.25) is 0 Å². The van der Waals surface area contributed by atoms with E-state index in [9.17, 15) is 0 Å². The van der Waals surface area contributed by atoms with E-state index < -0.39 is 0 Å². The molecule has 0 spiro atoms. The zero-order valence-electron chi connectivity index (χ0n) is 11.0. The summed E-state index contributed by atoms with van der Waals surface area (Å²) >= 11 is 0. The molecule has 1 heterocycles. The summed E-state index contributed by atoms with van der Waals surface area (Å²) in [5.74, 6) is 1.97. The summed E-state index contributed by atoms with van der Waals surface area (Å²) < 4.78 is 0. The van der Waals surface area contributed by atoms with E-state index in [1.165, 1.54) is 58.2 Å². The average Bonchev–Trinajstić information content (AvgIpc) is 3.19. The van der Waals surface area contributed by atoms with Gasteiger partial charge in [-0.15, -0.1) is 12.4 Å². The lowest BCUT2D eigenvalue weighted by molar-refractivity contribution is 0.140. The van der Waals surface area contributed by atoms with E-state index in [1.807, 2.05) is 0 Å². The van der Waals surface area contributed by atoms with Gasteiger partial charge in [-0.05, 0) is 70.4 Å². The highest BCUT2D eigenvalue weighted by Crippen LogP contribution is 2.40. The summed E-state index contributed by atoms with van der Waals surface area (Å²) in [5, 5.41) is 3.56. The first kappa shape index (κ1) is 13.6. The van der Waals surface area contributed by atoms with Crippen LogP contribution in [0.25, 0.3) is 0 Å². The minimum absolute atomic E-state index is 0. The summed E-state index contributed by atoms with van der Waals surface area (Å²) in [6, 6.07) is 1.83. The number of piperidine rings is 1. The molecule has 3 aliphatic rings. The van der Waals surface area contributed by atoms with Gasteiger partial charge in [-0.1, -0.05) is 0 Å². The van der Waals surface area contributed by atoms with Gasteiger partial charge in [-0.25, -0.2) is 0 Å². The maximum Gasteiger partial charge on any atom is 0.00994 e. The lowest BCUT2D eigenvalue weighted by atomic mass is 9.98. The third-order valence-corrected chi connectivity index (χ3v) is 4.71. The van der Waals surface area contributed by atoms with Crippen molar-refractivity contribution in [3.63, 3.8) is 0 Å². The average molecular weight is 259 g/mol. The minimum Gasteiger partial charge on any atom is -0.316 e. The number of hydrogen-bond acceptors (Lipinski definition) is 2. The molecule has 0 radical (unpaired) electrons. The molecule has 0 amide bonds. The van der Waals surface area contributed by atoms with Gasteiger partial charge in [0.1, 0.15) is 0 Å². The SMILES string of the molecule is CC(C1CC1)N(CC1CCCNC1)C1CC1.Cl. The molecule has 2 aliphatic carbocycles. The summed E-state index contributed by atoms with van der Waals surface area (Å²) in [5.41, 5.74) is 0. The van der Waals surface area contributed by atoms with Gasteiger partial charge < -0.3 is 5.32 Å². The van der Waals surface area contributed by atoms with Crippen LogP contribution in [0.1, 0.15) is 45.4 Å². The van der Waals surface area contributed by atoms with Crippen molar-refractivity contribution < 1.29 is 0 Å². The number of nitrogens with zero attached hydrogens (tertiary/aromatic N) is 1. The van der Waals surface area contributed by atoms with Crippen LogP contribution in [0.5, 0.6) is 0 Å². The van der Waals surface area contributed by atoms with Crippen molar-refractivity contribution >= 4 is 12.4 Å². The van der Waals surface area contributed by atoms with Crippen LogP contribution < -0.4 is 5.32 Å². The Hall–Kier alpha value is 0.210. The van der Waals surface area contributed by atoms with Gasteiger partial charge in [0.25, 0.3) is 0 Å². The molecule has 1 aliphatic heterocycles. The molecular weight excluding hydrogens is 232 g/mol. The van der Waals surface area contributed by atoms with Crippen molar-refractivity contribution in [2.45, 2.75) is 57.5 Å². The van der Waals surface area contributed by atoms with Crippen LogP contribution in [0.3, 0.4) is 0 Å². The van der Waals surface area contributed by atoms with Gasteiger partial charge in [0.2, 0.25) is 0 Å². The Morgan fingerprint density at radius 3 is 2.47 bits per heavy atom. The third kappa shape index (κ3) is 3.59. The van der Waals surface area contributed by atoms with E-state index >= 15 is 0 Å². The van der Waals surface area contributed by atoms with Crippen LogP contribution in [0.4, 0.5) is 0 Å². The minimum atomic E-state index is 0. The third-order valence-electron chi connectivity index (χ3n) is 4.71. The Bertz CT molecular complexity index is 232. The monoisotopic (exact) mass is 258 g/mol. The fourth-order valence-electron chi connectivity index (χ4n) is 3.28. The van der Waals surface area contributed by atoms with Gasteiger partial charge in [-0.3, -0.25) is 4.90 Å². The first-order chi connectivity index (χ1) is 7.84. The van der Waals surface area contributed by atoms with Crippen LogP contribution in [-0.4, -0.2) is 36.6 Å². The Labute approximate surface area is 112 Å². The second-order valence-electron chi connectivity index (χ2n) is 6.22. The van der Waals surface area contributed by atoms with E-state index in [0.717, 1.165) is 23.9 Å². The highest BCUT2D eigenvalue weighted by Gasteiger charge is 2.39. The Morgan fingerprint density at radius 1 is 1.18 bits per heavy atom. The molecule has 0 aromatic carbocycles. The molecule has 1 N–H and O–H groups in total. The standard InChI is InChI=1S/C14H26N2.ClH/c1-11(13-4-5-13)16(14-6-7-14)10-12-3-2-8-15-9-12;/h11-15H,2-10H2,1H3;1H. The molecule has 3 fully saturated rings. The van der Waals surface area contributed by atoms with Gasteiger partial charge >= 0.3 is 0 Å². The second-order valence-corrected chi connectivity index (χ2v) is 6.22. The molecule has 2 atom stereocenters. The molecule has 1 saturated heterocycles. The van der Waals surface area contributed by atoms with Crippen LogP contribution in [0, 0.1) is 11.8 Å². The molecular formula is C14H27ClN2. The highest BCUT2D eigenvalue weighted by atomic mass is 35.5. The van der Waals surface area contributed by atoms with E-state index in [2.05, 4.69) is 17.1 Å². The second kappa shape index (κ2) is 5.90. The number of hydrogen-bond donors (Lipinski definition) is 1. The fourth-order valence-corrected chi connectivity index (χ4v) is 3.28. The lowest BCUT2D eigenvalue weighted by Gasteiger charge is -2.34.